The van der Waals surface area contributed by atoms with Gasteiger partial charge < -0.3 is 4.90 Å². The molecule has 0 radical (unpaired) electrons. The Hall–Kier alpha value is -0.436. The van der Waals surface area contributed by atoms with Crippen LogP contribution in [-0.4, -0.2) is 25.5 Å². The molecule has 0 spiro atoms. The summed E-state index contributed by atoms with van der Waals surface area (Å²) in [6.07, 6.45) is 14.8. The Kier molecular flexibility index (Phi) is 9.26. The molecule has 18 heavy (non-hydrogen) atoms. The molecule has 1 rings (SSSR count). The van der Waals surface area contributed by atoms with E-state index in [0.29, 0.717) is 0 Å². The number of allylic oxidation sites excluding steroid dienone is 5. The summed E-state index contributed by atoms with van der Waals surface area (Å²) in [7, 11) is 4.31. The molecule has 1 aliphatic rings. The molecular formula is C15H25NOV. The van der Waals surface area contributed by atoms with Crippen molar-refractivity contribution in [2.24, 2.45) is 5.41 Å². The monoisotopic (exact) mass is 286 g/mol. The summed E-state index contributed by atoms with van der Waals surface area (Å²) >= 11 is 1.06. The minimum absolute atomic E-state index is 0.281. The van der Waals surface area contributed by atoms with Gasteiger partial charge in [-0.15, -0.1) is 0 Å². The minimum atomic E-state index is 0.281. The van der Waals surface area contributed by atoms with Gasteiger partial charge in [-0.05, 0) is 32.5 Å². The van der Waals surface area contributed by atoms with Crippen molar-refractivity contribution in [3.8, 4) is 0 Å². The maximum atomic E-state index is 8.19. The van der Waals surface area contributed by atoms with E-state index in [4.69, 9.17) is 3.67 Å². The number of rotatable bonds is 5. The van der Waals surface area contributed by atoms with Gasteiger partial charge in [0.2, 0.25) is 0 Å². The van der Waals surface area contributed by atoms with Crippen molar-refractivity contribution in [2.75, 3.05) is 20.6 Å². The van der Waals surface area contributed by atoms with E-state index < -0.39 is 0 Å². The summed E-state index contributed by atoms with van der Waals surface area (Å²) in [5.41, 5.74) is 1.75. The normalized spacial score (nSPS) is 17.4. The molecule has 0 saturated heterocycles. The summed E-state index contributed by atoms with van der Waals surface area (Å²) in [6, 6.07) is 0. The maximum absolute atomic E-state index is 8.19. The van der Waals surface area contributed by atoms with E-state index in [1.807, 2.05) is 0 Å². The van der Waals surface area contributed by atoms with Crippen molar-refractivity contribution in [1.82, 2.24) is 4.90 Å². The molecule has 1 unspecified atom stereocenters. The molecule has 0 aromatic rings. The zero-order valence-corrected chi connectivity index (χ0v) is 13.4. The molecule has 0 aromatic heterocycles. The standard InChI is InChI=1S/C15H25N.O.V/c1-5-12-15(2,13-16(3)4)14-10-8-6-7-9-11-14;;/h6,8-11H,5,7,12-13H2,1-4H3;;. The van der Waals surface area contributed by atoms with Gasteiger partial charge in [0.15, 0.2) is 0 Å². The zero-order valence-electron chi connectivity index (χ0n) is 12.0. The first-order valence-corrected chi connectivity index (χ1v) is 7.02. The molecule has 1 aliphatic carbocycles. The van der Waals surface area contributed by atoms with Gasteiger partial charge in [0, 0.05) is 12.0 Å². The number of hydrogen-bond donors (Lipinski definition) is 0. The van der Waals surface area contributed by atoms with Crippen LogP contribution in [0.2, 0.25) is 0 Å². The third-order valence-corrected chi connectivity index (χ3v) is 3.15. The van der Waals surface area contributed by atoms with E-state index in [9.17, 15) is 0 Å². The fourth-order valence-corrected chi connectivity index (χ4v) is 2.55. The molecular weight excluding hydrogens is 261 g/mol. The summed E-state index contributed by atoms with van der Waals surface area (Å²) in [6.45, 7) is 5.77. The van der Waals surface area contributed by atoms with Gasteiger partial charge in [0.05, 0.1) is 0 Å². The van der Waals surface area contributed by atoms with E-state index in [1.165, 1.54) is 18.4 Å². The summed E-state index contributed by atoms with van der Waals surface area (Å²) in [5, 5.41) is 0. The average molecular weight is 286 g/mol. The number of hydrogen-bond acceptors (Lipinski definition) is 2. The predicted molar refractivity (Wildman–Crippen MR) is 73.2 cm³/mol. The second-order valence-electron chi connectivity index (χ2n) is 5.24. The van der Waals surface area contributed by atoms with E-state index in [-0.39, 0.29) is 5.41 Å². The summed E-state index contributed by atoms with van der Waals surface area (Å²) in [5.74, 6) is 0. The average Bonchev–Trinajstić information content (AvgIpc) is 2.60. The van der Waals surface area contributed by atoms with Crippen molar-refractivity contribution in [3.63, 3.8) is 0 Å². The van der Waals surface area contributed by atoms with Crippen LogP contribution in [0.5, 0.6) is 0 Å². The molecule has 1 atom stereocenters. The molecule has 2 nitrogen and oxygen atoms in total. The Morgan fingerprint density at radius 3 is 2.56 bits per heavy atom. The van der Waals surface area contributed by atoms with Crippen LogP contribution in [0.3, 0.4) is 0 Å². The van der Waals surface area contributed by atoms with Gasteiger partial charge >= 0.3 is 21.0 Å². The van der Waals surface area contributed by atoms with Gasteiger partial charge in [0.1, 0.15) is 0 Å². The predicted octanol–water partition coefficient (Wildman–Crippen LogP) is 3.68. The van der Waals surface area contributed by atoms with E-state index in [2.05, 4.69) is 63.2 Å². The van der Waals surface area contributed by atoms with Crippen LogP contribution in [0.1, 0.15) is 33.1 Å². The van der Waals surface area contributed by atoms with Crippen molar-refractivity contribution >= 4 is 0 Å². The van der Waals surface area contributed by atoms with Crippen molar-refractivity contribution < 1.29 is 21.0 Å². The Bertz CT molecular complexity index is 320. The zero-order chi connectivity index (χ0) is 14.0. The molecule has 3 heteroatoms. The Morgan fingerprint density at radius 1 is 1.33 bits per heavy atom. The third-order valence-electron chi connectivity index (χ3n) is 3.15. The van der Waals surface area contributed by atoms with Crippen molar-refractivity contribution in [2.45, 2.75) is 33.1 Å². The Labute approximate surface area is 121 Å². The van der Waals surface area contributed by atoms with Crippen LogP contribution >= 0.6 is 0 Å². The van der Waals surface area contributed by atoms with E-state index >= 15 is 0 Å². The van der Waals surface area contributed by atoms with Gasteiger partial charge in [-0.25, -0.2) is 0 Å². The third kappa shape index (κ3) is 5.95. The van der Waals surface area contributed by atoms with Crippen LogP contribution in [0.25, 0.3) is 0 Å². The quantitative estimate of drug-likeness (QED) is 0.768. The van der Waals surface area contributed by atoms with Gasteiger partial charge in [-0.1, -0.05) is 50.6 Å². The summed E-state index contributed by atoms with van der Waals surface area (Å²) in [4.78, 5) is 2.29. The number of nitrogens with zero attached hydrogens (tertiary/aromatic N) is 1. The fraction of sp³-hybridized carbons (Fsp3) is 0.600. The molecule has 0 amide bonds. The van der Waals surface area contributed by atoms with Crippen LogP contribution in [0.4, 0.5) is 0 Å². The van der Waals surface area contributed by atoms with Crippen molar-refractivity contribution in [1.29, 1.82) is 0 Å². The second-order valence-corrected chi connectivity index (χ2v) is 5.24. The molecule has 0 heterocycles. The van der Waals surface area contributed by atoms with Crippen molar-refractivity contribution in [3.05, 3.63) is 36.0 Å². The molecule has 0 N–H and O–H groups in total. The van der Waals surface area contributed by atoms with E-state index in [0.717, 1.165) is 30.3 Å². The second kappa shape index (κ2) is 9.49. The summed E-state index contributed by atoms with van der Waals surface area (Å²) < 4.78 is 8.19. The first-order valence-electron chi connectivity index (χ1n) is 6.45. The Balaban J connectivity index is 0.00000137. The van der Waals surface area contributed by atoms with Crippen LogP contribution in [-0.2, 0) is 21.0 Å². The van der Waals surface area contributed by atoms with Gasteiger partial charge in [-0.3, -0.25) is 0 Å². The van der Waals surface area contributed by atoms with Gasteiger partial charge in [-0.2, -0.15) is 0 Å². The van der Waals surface area contributed by atoms with Gasteiger partial charge in [0.25, 0.3) is 0 Å². The molecule has 0 saturated carbocycles. The molecule has 0 bridgehead atoms. The fourth-order valence-electron chi connectivity index (χ4n) is 2.55. The van der Waals surface area contributed by atoms with Crippen LogP contribution < -0.4 is 0 Å². The van der Waals surface area contributed by atoms with Crippen LogP contribution in [0.15, 0.2) is 36.0 Å². The first kappa shape index (κ1) is 17.6. The molecule has 0 aliphatic heterocycles. The van der Waals surface area contributed by atoms with E-state index in [1.54, 1.807) is 0 Å². The Morgan fingerprint density at radius 2 is 2.00 bits per heavy atom. The first-order chi connectivity index (χ1) is 8.58. The molecule has 0 aromatic carbocycles. The SMILES string of the molecule is CCCC(C)(CN(C)C)C1=CC=CCC=C1.[O]=[V]. The van der Waals surface area contributed by atoms with Crippen LogP contribution in [0, 0.1) is 5.41 Å². The molecule has 101 valence electrons. The topological polar surface area (TPSA) is 20.3 Å². The molecule has 0 fully saturated rings.